The second kappa shape index (κ2) is 12.7. The highest BCUT2D eigenvalue weighted by atomic mass is 35.5. The molecule has 3 atom stereocenters. The molecule has 0 bridgehead atoms. The molecule has 1 heterocycles. The molecule has 0 aromatic heterocycles. The van der Waals surface area contributed by atoms with Gasteiger partial charge in [-0.2, -0.15) is 0 Å². The second-order valence-corrected chi connectivity index (χ2v) is 9.58. The summed E-state index contributed by atoms with van der Waals surface area (Å²) < 4.78 is 5.95. The predicted molar refractivity (Wildman–Crippen MR) is 137 cm³/mol. The summed E-state index contributed by atoms with van der Waals surface area (Å²) in [5.41, 5.74) is 3.82. The number of hydrogen-bond acceptors (Lipinski definition) is 4. The van der Waals surface area contributed by atoms with Crippen LogP contribution in [-0.2, 0) is 11.2 Å². The summed E-state index contributed by atoms with van der Waals surface area (Å²) in [6.45, 7) is 4.04. The topological polar surface area (TPSA) is 69.9 Å². The molecule has 1 saturated heterocycles. The van der Waals surface area contributed by atoms with Gasteiger partial charge in [0.2, 0.25) is 0 Å². The lowest BCUT2D eigenvalue weighted by atomic mass is 9.88. The lowest BCUT2D eigenvalue weighted by molar-refractivity contribution is -0.113. The van der Waals surface area contributed by atoms with E-state index in [4.69, 9.17) is 16.3 Å². The average Bonchev–Trinajstić information content (AvgIpc) is 3.35. The molecule has 2 fully saturated rings. The molecule has 34 heavy (non-hydrogen) atoms. The van der Waals surface area contributed by atoms with Crippen molar-refractivity contribution in [2.24, 2.45) is 5.41 Å². The first-order valence-corrected chi connectivity index (χ1v) is 12.8. The number of aliphatic hydroxyl groups excluding tert-OH is 3. The Balaban J connectivity index is 0.00000158. The number of ether oxygens (including phenoxy) is 1. The molecule has 4 rings (SSSR count). The van der Waals surface area contributed by atoms with Crippen molar-refractivity contribution in [3.05, 3.63) is 69.7 Å². The van der Waals surface area contributed by atoms with Crippen molar-refractivity contribution >= 4 is 11.6 Å². The van der Waals surface area contributed by atoms with Crippen LogP contribution in [0.25, 0.3) is 0 Å². The number of halogens is 1. The van der Waals surface area contributed by atoms with Gasteiger partial charge in [-0.15, -0.1) is 0 Å². The van der Waals surface area contributed by atoms with Gasteiger partial charge < -0.3 is 20.1 Å². The van der Waals surface area contributed by atoms with Crippen LogP contribution in [0.3, 0.4) is 0 Å². The van der Waals surface area contributed by atoms with Crippen LogP contribution in [0.15, 0.2) is 42.5 Å². The summed E-state index contributed by atoms with van der Waals surface area (Å²) in [5.74, 6) is 6.57. The molecule has 2 aromatic carbocycles. The molecule has 1 aliphatic heterocycles. The average molecular weight is 485 g/mol. The van der Waals surface area contributed by atoms with Crippen molar-refractivity contribution in [2.75, 3.05) is 13.2 Å². The number of hydrogen-bond donors (Lipinski definition) is 3. The highest BCUT2D eigenvalue weighted by molar-refractivity contribution is 6.31. The van der Waals surface area contributed by atoms with E-state index in [1.807, 2.05) is 44.2 Å². The zero-order valence-electron chi connectivity index (χ0n) is 20.3. The number of rotatable bonds is 5. The van der Waals surface area contributed by atoms with Crippen molar-refractivity contribution in [2.45, 2.75) is 77.1 Å². The van der Waals surface area contributed by atoms with Gasteiger partial charge in [-0.25, -0.2) is 0 Å². The maximum absolute atomic E-state index is 10.1. The fraction of sp³-hybridized carbons (Fsp3) is 0.517. The summed E-state index contributed by atoms with van der Waals surface area (Å²) in [6, 6.07) is 14.0. The first kappa shape index (κ1) is 26.7. The van der Waals surface area contributed by atoms with E-state index in [1.165, 1.54) is 0 Å². The van der Waals surface area contributed by atoms with Gasteiger partial charge in [-0.1, -0.05) is 74.4 Å². The fourth-order valence-electron chi connectivity index (χ4n) is 4.76. The Morgan fingerprint density at radius 3 is 2.38 bits per heavy atom. The minimum atomic E-state index is -0.479. The van der Waals surface area contributed by atoms with Crippen molar-refractivity contribution in [3.63, 3.8) is 0 Å². The Morgan fingerprint density at radius 1 is 1.03 bits per heavy atom. The van der Waals surface area contributed by atoms with Crippen LogP contribution in [0.1, 0.15) is 80.7 Å². The van der Waals surface area contributed by atoms with Gasteiger partial charge in [0.15, 0.2) is 0 Å². The van der Waals surface area contributed by atoms with Crippen molar-refractivity contribution in [1.29, 1.82) is 0 Å². The second-order valence-electron chi connectivity index (χ2n) is 9.17. The van der Waals surface area contributed by atoms with E-state index in [0.717, 1.165) is 47.9 Å². The Hall–Kier alpha value is -1.87. The number of aliphatic hydroxyl groups is 3. The van der Waals surface area contributed by atoms with E-state index in [1.54, 1.807) is 0 Å². The number of benzene rings is 2. The molecule has 0 amide bonds. The van der Waals surface area contributed by atoms with Gasteiger partial charge in [0.1, 0.15) is 0 Å². The zero-order valence-corrected chi connectivity index (χ0v) is 21.0. The van der Waals surface area contributed by atoms with Crippen LogP contribution in [0.5, 0.6) is 0 Å². The summed E-state index contributed by atoms with van der Waals surface area (Å²) in [5, 5.41) is 30.0. The molecule has 0 radical (unpaired) electrons. The standard InChI is InChI=1S/C27H31ClO4.C2H6/c28-25-8-7-21(26-16-23(31)15-24(17-29)32-26)14-22(25)13-20-5-3-19(4-6-20)9-12-27(18-30)10-1-2-11-27;1-2/h3-8,14,23-24,26,29-31H,1-2,10-11,13,15-18H2;1-2H3/t23-,24-,26+;/m0./s1. The fourth-order valence-corrected chi connectivity index (χ4v) is 4.94. The molecule has 0 unspecified atom stereocenters. The predicted octanol–water partition coefficient (Wildman–Crippen LogP) is 5.43. The Morgan fingerprint density at radius 2 is 1.74 bits per heavy atom. The monoisotopic (exact) mass is 484 g/mol. The summed E-state index contributed by atoms with van der Waals surface area (Å²) in [7, 11) is 0. The van der Waals surface area contributed by atoms with Gasteiger partial charge in [0.05, 0.1) is 36.9 Å². The largest absolute Gasteiger partial charge is 0.395 e. The van der Waals surface area contributed by atoms with Crippen molar-refractivity contribution < 1.29 is 20.1 Å². The highest BCUT2D eigenvalue weighted by Gasteiger charge is 2.31. The molecule has 2 aliphatic rings. The smallest absolute Gasteiger partial charge is 0.0854 e. The van der Waals surface area contributed by atoms with Crippen LogP contribution in [0, 0.1) is 17.3 Å². The Kier molecular flexibility index (Phi) is 10.0. The molecule has 184 valence electrons. The van der Waals surface area contributed by atoms with Crippen LogP contribution in [0.2, 0.25) is 5.02 Å². The van der Waals surface area contributed by atoms with Crippen LogP contribution >= 0.6 is 11.6 Å². The highest BCUT2D eigenvalue weighted by Crippen LogP contribution is 2.37. The van der Waals surface area contributed by atoms with Crippen LogP contribution < -0.4 is 0 Å². The molecule has 1 saturated carbocycles. The minimum absolute atomic E-state index is 0.0946. The SMILES string of the molecule is CC.OC[C@@H]1C[C@H](O)C[C@H](c2ccc(Cl)c(Cc3ccc(C#CC4(CO)CCCC4)cc3)c2)O1. The van der Waals surface area contributed by atoms with Gasteiger partial charge in [-0.3, -0.25) is 0 Å². The first-order valence-electron chi connectivity index (χ1n) is 12.5. The third-order valence-electron chi connectivity index (χ3n) is 6.71. The molecule has 2 aromatic rings. The Bertz CT molecular complexity index is 970. The third kappa shape index (κ3) is 6.84. The maximum Gasteiger partial charge on any atom is 0.0854 e. The van der Waals surface area contributed by atoms with E-state index < -0.39 is 6.10 Å². The summed E-state index contributed by atoms with van der Waals surface area (Å²) in [4.78, 5) is 0. The van der Waals surface area contributed by atoms with Crippen LogP contribution in [0.4, 0.5) is 0 Å². The van der Waals surface area contributed by atoms with E-state index in [2.05, 4.69) is 24.0 Å². The van der Waals surface area contributed by atoms with E-state index in [9.17, 15) is 15.3 Å². The van der Waals surface area contributed by atoms with Gasteiger partial charge in [-0.05, 0) is 54.2 Å². The quantitative estimate of drug-likeness (QED) is 0.494. The maximum atomic E-state index is 10.1. The summed E-state index contributed by atoms with van der Waals surface area (Å²) >= 11 is 6.48. The molecule has 0 spiro atoms. The summed E-state index contributed by atoms with van der Waals surface area (Å²) in [6.07, 6.45) is 4.81. The van der Waals surface area contributed by atoms with Crippen molar-refractivity contribution in [3.8, 4) is 11.8 Å². The molecule has 1 aliphatic carbocycles. The zero-order chi connectivity index (χ0) is 24.6. The minimum Gasteiger partial charge on any atom is -0.395 e. The lowest BCUT2D eigenvalue weighted by Crippen LogP contribution is -2.33. The van der Waals surface area contributed by atoms with Crippen molar-refractivity contribution in [1.82, 2.24) is 0 Å². The first-order chi connectivity index (χ1) is 16.5. The van der Waals surface area contributed by atoms with E-state index in [0.29, 0.717) is 24.3 Å². The Labute approximate surface area is 208 Å². The molecular formula is C29H37ClO4. The van der Waals surface area contributed by atoms with Crippen LogP contribution in [-0.4, -0.2) is 40.7 Å². The molecule has 5 heteroatoms. The van der Waals surface area contributed by atoms with E-state index >= 15 is 0 Å². The van der Waals surface area contributed by atoms with E-state index in [-0.39, 0.29) is 30.8 Å². The normalized spacial score (nSPS) is 23.4. The third-order valence-corrected chi connectivity index (χ3v) is 7.08. The van der Waals surface area contributed by atoms with Gasteiger partial charge in [0.25, 0.3) is 0 Å². The molecule has 4 nitrogen and oxygen atoms in total. The molecule has 3 N–H and O–H groups in total. The molecular weight excluding hydrogens is 448 g/mol. The lowest BCUT2D eigenvalue weighted by Gasteiger charge is -2.32. The van der Waals surface area contributed by atoms with Gasteiger partial charge >= 0.3 is 0 Å². The van der Waals surface area contributed by atoms with Gasteiger partial charge in [0, 0.05) is 23.4 Å².